The van der Waals surface area contributed by atoms with Crippen molar-refractivity contribution >= 4 is 33.9 Å². The fraction of sp³-hybridized carbons (Fsp3) is 0.0909. The minimum Gasteiger partial charge on any atom is -0.475 e. The molecule has 1 unspecified atom stereocenters. The first kappa shape index (κ1) is 11.7. The predicted octanol–water partition coefficient (Wildman–Crippen LogP) is 1.33. The summed E-state index contributed by atoms with van der Waals surface area (Å²) in [6.07, 6.45) is 5.85. The fourth-order valence-corrected chi connectivity index (χ4v) is 1.79. The summed E-state index contributed by atoms with van der Waals surface area (Å²) in [6, 6.07) is 3.25. The van der Waals surface area contributed by atoms with Crippen molar-refractivity contribution in [2.75, 3.05) is 0 Å². The second-order valence-electron chi connectivity index (χ2n) is 3.40. The summed E-state index contributed by atoms with van der Waals surface area (Å²) in [4.78, 5) is 30.6. The van der Waals surface area contributed by atoms with Gasteiger partial charge in [-0.1, -0.05) is 0 Å². The third-order valence-electron chi connectivity index (χ3n) is 2.36. The van der Waals surface area contributed by atoms with Gasteiger partial charge in [0, 0.05) is 16.9 Å². The number of allylic oxidation sites excluding steroid dienone is 1. The highest BCUT2D eigenvalue weighted by atomic mass is 79.9. The molecule has 0 spiro atoms. The van der Waals surface area contributed by atoms with Gasteiger partial charge < -0.3 is 5.11 Å². The summed E-state index contributed by atoms with van der Waals surface area (Å²) >= 11 is 3.22. The molecule has 6 heteroatoms. The highest BCUT2D eigenvalue weighted by Crippen LogP contribution is 2.30. The molecule has 1 aliphatic rings. The molecule has 0 fully saturated rings. The lowest BCUT2D eigenvalue weighted by Gasteiger charge is -2.19. The number of halogens is 1. The third kappa shape index (κ3) is 1.91. The molecule has 5 nitrogen and oxygen atoms in total. The zero-order valence-electron chi connectivity index (χ0n) is 8.50. The van der Waals surface area contributed by atoms with E-state index in [1.165, 1.54) is 24.6 Å². The second-order valence-corrected chi connectivity index (χ2v) is 4.32. The second kappa shape index (κ2) is 4.21. The van der Waals surface area contributed by atoms with Crippen molar-refractivity contribution in [2.24, 2.45) is 4.99 Å². The molecule has 1 aliphatic heterocycles. The van der Waals surface area contributed by atoms with Crippen LogP contribution in [0, 0.1) is 0 Å². The molecule has 2 heterocycles. The number of carbonyl (C=O) groups is 2. The number of ketones is 1. The average Bonchev–Trinajstić information content (AvgIpc) is 2.79. The Bertz CT molecular complexity index is 522. The SMILES string of the molecule is O=C(O)C(=O)C1(c2ccc(Br)cn2)C=CC=N1. The molecule has 0 bridgehead atoms. The molecule has 17 heavy (non-hydrogen) atoms. The lowest BCUT2D eigenvalue weighted by molar-refractivity contribution is -0.151. The van der Waals surface area contributed by atoms with Crippen molar-refractivity contribution in [2.45, 2.75) is 5.54 Å². The Kier molecular flexibility index (Phi) is 2.89. The van der Waals surface area contributed by atoms with Crippen molar-refractivity contribution in [3.63, 3.8) is 0 Å². The summed E-state index contributed by atoms with van der Waals surface area (Å²) in [5.41, 5.74) is -1.23. The first-order valence-corrected chi connectivity index (χ1v) is 5.48. The number of pyridine rings is 1. The van der Waals surface area contributed by atoms with Crippen LogP contribution in [0.2, 0.25) is 0 Å². The zero-order valence-corrected chi connectivity index (χ0v) is 10.1. The van der Waals surface area contributed by atoms with Gasteiger partial charge in [-0.15, -0.1) is 0 Å². The zero-order chi connectivity index (χ0) is 12.5. The van der Waals surface area contributed by atoms with E-state index in [1.54, 1.807) is 12.1 Å². The van der Waals surface area contributed by atoms with Crippen molar-refractivity contribution < 1.29 is 14.7 Å². The van der Waals surface area contributed by atoms with E-state index in [1.807, 2.05) is 0 Å². The van der Waals surface area contributed by atoms with Crippen molar-refractivity contribution in [1.29, 1.82) is 0 Å². The molecular weight excluding hydrogens is 288 g/mol. The van der Waals surface area contributed by atoms with E-state index in [9.17, 15) is 9.59 Å². The number of Topliss-reactive ketones (excluding diaryl/α,β-unsaturated/α-hetero) is 1. The first-order chi connectivity index (χ1) is 8.06. The topological polar surface area (TPSA) is 79.6 Å². The third-order valence-corrected chi connectivity index (χ3v) is 2.83. The number of rotatable bonds is 3. The van der Waals surface area contributed by atoms with Gasteiger partial charge in [0.05, 0.1) is 5.69 Å². The maximum absolute atomic E-state index is 11.7. The van der Waals surface area contributed by atoms with E-state index in [0.29, 0.717) is 0 Å². The van der Waals surface area contributed by atoms with E-state index >= 15 is 0 Å². The van der Waals surface area contributed by atoms with Crippen molar-refractivity contribution in [1.82, 2.24) is 4.98 Å². The number of aromatic nitrogens is 1. The van der Waals surface area contributed by atoms with Crippen LogP contribution in [0.15, 0.2) is 39.9 Å². The molecule has 0 aromatic carbocycles. The van der Waals surface area contributed by atoms with Crippen LogP contribution in [0.4, 0.5) is 0 Å². The first-order valence-electron chi connectivity index (χ1n) is 4.69. The maximum atomic E-state index is 11.7. The Labute approximate surface area is 105 Å². The van der Waals surface area contributed by atoms with E-state index in [4.69, 9.17) is 5.11 Å². The van der Waals surface area contributed by atoms with Gasteiger partial charge >= 0.3 is 5.97 Å². The Balaban J connectivity index is 2.53. The number of aliphatic imine (C=N–C) groups is 1. The van der Waals surface area contributed by atoms with E-state index in [0.717, 1.165) is 4.47 Å². The summed E-state index contributed by atoms with van der Waals surface area (Å²) in [7, 11) is 0. The number of carboxylic acids is 1. The predicted molar refractivity (Wildman–Crippen MR) is 63.9 cm³/mol. The Morgan fingerprint density at radius 2 is 2.12 bits per heavy atom. The van der Waals surface area contributed by atoms with Crippen molar-refractivity contribution in [3.05, 3.63) is 40.6 Å². The van der Waals surface area contributed by atoms with Gasteiger partial charge in [0.1, 0.15) is 0 Å². The van der Waals surface area contributed by atoms with Gasteiger partial charge in [-0.2, -0.15) is 0 Å². The molecule has 1 atom stereocenters. The molecule has 0 amide bonds. The van der Waals surface area contributed by atoms with Crippen LogP contribution in [0.5, 0.6) is 0 Å². The summed E-state index contributed by atoms with van der Waals surface area (Å²) in [5.74, 6) is -2.55. The monoisotopic (exact) mass is 294 g/mol. The molecule has 0 aliphatic carbocycles. The van der Waals surface area contributed by atoms with Gasteiger partial charge in [0.25, 0.3) is 5.78 Å². The summed E-state index contributed by atoms with van der Waals surface area (Å²) in [5, 5.41) is 8.83. The maximum Gasteiger partial charge on any atom is 0.375 e. The summed E-state index contributed by atoms with van der Waals surface area (Å²) < 4.78 is 0.741. The number of nitrogens with zero attached hydrogens (tertiary/aromatic N) is 2. The molecular formula is C11H7BrN2O3. The molecule has 0 radical (unpaired) electrons. The largest absolute Gasteiger partial charge is 0.475 e. The highest BCUT2D eigenvalue weighted by Gasteiger charge is 2.43. The lowest BCUT2D eigenvalue weighted by Crippen LogP contribution is -2.37. The van der Waals surface area contributed by atoms with Crippen molar-refractivity contribution in [3.8, 4) is 0 Å². The van der Waals surface area contributed by atoms with Gasteiger partial charge in [0.2, 0.25) is 0 Å². The lowest BCUT2D eigenvalue weighted by atomic mass is 9.91. The Hall–Kier alpha value is -1.82. The number of carboxylic acid groups (broad SMARTS) is 1. The smallest absolute Gasteiger partial charge is 0.375 e. The normalized spacial score (nSPS) is 21.7. The van der Waals surface area contributed by atoms with Crippen LogP contribution in [0.1, 0.15) is 5.69 Å². The standard InChI is InChI=1S/C11H7BrN2O3/c12-7-2-3-8(13-6-7)11(4-1-5-14-11)9(15)10(16)17/h1-6H,(H,16,17). The van der Waals surface area contributed by atoms with E-state index in [-0.39, 0.29) is 5.69 Å². The molecule has 0 saturated carbocycles. The average molecular weight is 295 g/mol. The van der Waals surface area contributed by atoms with Gasteiger partial charge in [-0.25, -0.2) is 4.79 Å². The fourth-order valence-electron chi connectivity index (χ4n) is 1.55. The molecule has 86 valence electrons. The van der Waals surface area contributed by atoms with Gasteiger partial charge in [-0.05, 0) is 40.2 Å². The van der Waals surface area contributed by atoms with E-state index in [2.05, 4.69) is 25.9 Å². The highest BCUT2D eigenvalue weighted by molar-refractivity contribution is 9.10. The van der Waals surface area contributed by atoms with Gasteiger partial charge in [0.15, 0.2) is 5.54 Å². The molecule has 0 saturated heterocycles. The van der Waals surface area contributed by atoms with Gasteiger partial charge in [-0.3, -0.25) is 14.8 Å². The van der Waals surface area contributed by atoms with Crippen LogP contribution in [-0.2, 0) is 15.1 Å². The number of hydrogen-bond acceptors (Lipinski definition) is 4. The van der Waals surface area contributed by atoms with Crippen LogP contribution in [0.3, 0.4) is 0 Å². The molecule has 1 aromatic heterocycles. The Morgan fingerprint density at radius 3 is 2.59 bits per heavy atom. The Morgan fingerprint density at radius 1 is 1.35 bits per heavy atom. The van der Waals surface area contributed by atoms with Crippen LogP contribution in [0.25, 0.3) is 0 Å². The quantitative estimate of drug-likeness (QED) is 0.853. The van der Waals surface area contributed by atoms with E-state index < -0.39 is 17.3 Å². The minimum absolute atomic E-state index is 0.290. The molecule has 2 rings (SSSR count). The van der Waals surface area contributed by atoms with Crippen LogP contribution in [-0.4, -0.2) is 28.1 Å². The molecule has 1 aromatic rings. The number of hydrogen-bond donors (Lipinski definition) is 1. The van der Waals surface area contributed by atoms with Crippen LogP contribution < -0.4 is 0 Å². The van der Waals surface area contributed by atoms with Crippen LogP contribution >= 0.6 is 15.9 Å². The number of aliphatic carboxylic acids is 1. The number of carbonyl (C=O) groups excluding carboxylic acids is 1. The molecule has 1 N–H and O–H groups in total. The minimum atomic E-state index is -1.53. The summed E-state index contributed by atoms with van der Waals surface area (Å²) in [6.45, 7) is 0.